The van der Waals surface area contributed by atoms with Gasteiger partial charge < -0.3 is 20.8 Å². The van der Waals surface area contributed by atoms with Gasteiger partial charge in [-0.2, -0.15) is 0 Å². The Morgan fingerprint density at radius 3 is 2.33 bits per heavy atom. The highest BCUT2D eigenvalue weighted by atomic mass is 16.7. The van der Waals surface area contributed by atoms with E-state index in [1.807, 2.05) is 51.9 Å². The van der Waals surface area contributed by atoms with Gasteiger partial charge in [0.15, 0.2) is 0 Å². The van der Waals surface area contributed by atoms with Crippen molar-refractivity contribution in [2.24, 2.45) is 11.5 Å². The summed E-state index contributed by atoms with van der Waals surface area (Å²) in [5, 5.41) is 0. The van der Waals surface area contributed by atoms with Crippen molar-refractivity contribution < 1.29 is 9.31 Å². The van der Waals surface area contributed by atoms with E-state index in [0.29, 0.717) is 6.54 Å². The van der Waals surface area contributed by atoms with Crippen LogP contribution in [0.4, 0.5) is 0 Å². The summed E-state index contributed by atoms with van der Waals surface area (Å²) >= 11 is 0. The Morgan fingerprint density at radius 2 is 1.86 bits per heavy atom. The van der Waals surface area contributed by atoms with Gasteiger partial charge in [0.05, 0.1) is 22.9 Å². The first-order valence-corrected chi connectivity index (χ1v) is 7.20. The van der Waals surface area contributed by atoms with E-state index in [9.17, 15) is 0 Å². The van der Waals surface area contributed by atoms with Gasteiger partial charge in [-0.3, -0.25) is 4.98 Å². The lowest BCUT2D eigenvalue weighted by molar-refractivity contribution is 0.00578. The van der Waals surface area contributed by atoms with E-state index < -0.39 is 0 Å². The highest BCUT2D eigenvalue weighted by Gasteiger charge is 2.49. The molecule has 1 aliphatic heterocycles. The standard InChI is InChI=1S/C15H24BN3O2/c1-14(2)15(3,4)21-16(20-14)8-7-11-5-6-13(19-10-11)12(18)9-17/h5-8,10,12H,9,17-18H2,1-4H3/b8-7+/t12-/m0/s1. The van der Waals surface area contributed by atoms with Crippen LogP contribution >= 0.6 is 0 Å². The topological polar surface area (TPSA) is 83.4 Å². The van der Waals surface area contributed by atoms with Crippen LogP contribution in [-0.2, 0) is 9.31 Å². The van der Waals surface area contributed by atoms with Crippen LogP contribution in [0.25, 0.3) is 6.08 Å². The molecule has 0 aromatic carbocycles. The first-order chi connectivity index (χ1) is 9.75. The average molecular weight is 289 g/mol. The van der Waals surface area contributed by atoms with Crippen molar-refractivity contribution in [3.8, 4) is 0 Å². The van der Waals surface area contributed by atoms with Gasteiger partial charge in [-0.1, -0.05) is 18.1 Å². The smallest absolute Gasteiger partial charge is 0.400 e. The predicted molar refractivity (Wildman–Crippen MR) is 85.3 cm³/mol. The molecule has 2 heterocycles. The summed E-state index contributed by atoms with van der Waals surface area (Å²) < 4.78 is 11.8. The molecular weight excluding hydrogens is 265 g/mol. The fourth-order valence-electron chi connectivity index (χ4n) is 2.01. The molecule has 2 rings (SSSR count). The van der Waals surface area contributed by atoms with Crippen molar-refractivity contribution in [2.45, 2.75) is 44.9 Å². The van der Waals surface area contributed by atoms with Crippen LogP contribution < -0.4 is 11.5 Å². The van der Waals surface area contributed by atoms with Crippen LogP contribution in [-0.4, -0.2) is 29.8 Å². The summed E-state index contributed by atoms with van der Waals surface area (Å²) in [6.45, 7) is 8.52. The zero-order valence-electron chi connectivity index (χ0n) is 13.2. The number of nitrogens with two attached hydrogens (primary N) is 2. The van der Waals surface area contributed by atoms with Gasteiger partial charge in [0, 0.05) is 12.7 Å². The Balaban J connectivity index is 2.03. The van der Waals surface area contributed by atoms with E-state index in [2.05, 4.69) is 4.98 Å². The Labute approximate surface area is 126 Å². The summed E-state index contributed by atoms with van der Waals surface area (Å²) in [6.07, 6.45) is 3.71. The molecule has 4 N–H and O–H groups in total. The minimum Gasteiger partial charge on any atom is -0.400 e. The Bertz CT molecular complexity index is 498. The fraction of sp³-hybridized carbons (Fsp3) is 0.533. The van der Waals surface area contributed by atoms with E-state index >= 15 is 0 Å². The van der Waals surface area contributed by atoms with Gasteiger partial charge in [-0.15, -0.1) is 0 Å². The molecule has 1 aromatic heterocycles. The Kier molecular flexibility index (Phi) is 4.53. The van der Waals surface area contributed by atoms with E-state index in [-0.39, 0.29) is 24.4 Å². The van der Waals surface area contributed by atoms with Crippen molar-refractivity contribution >= 4 is 13.2 Å². The lowest BCUT2D eigenvalue weighted by atomic mass is 9.89. The van der Waals surface area contributed by atoms with Crippen LogP contribution in [0.1, 0.15) is 45.0 Å². The second kappa shape index (κ2) is 5.89. The van der Waals surface area contributed by atoms with E-state index in [1.165, 1.54) is 0 Å². The summed E-state index contributed by atoms with van der Waals surface area (Å²) in [5.74, 6) is 1.90. The fourth-order valence-corrected chi connectivity index (χ4v) is 2.01. The molecule has 114 valence electrons. The molecule has 1 saturated heterocycles. The molecule has 1 aromatic rings. The molecule has 1 atom stereocenters. The van der Waals surface area contributed by atoms with Crippen molar-refractivity contribution in [2.75, 3.05) is 6.54 Å². The first-order valence-electron chi connectivity index (χ1n) is 7.20. The highest BCUT2D eigenvalue weighted by molar-refractivity contribution is 6.52. The number of nitrogens with zero attached hydrogens (tertiary/aromatic N) is 1. The molecule has 6 heteroatoms. The number of rotatable bonds is 4. The highest BCUT2D eigenvalue weighted by Crippen LogP contribution is 2.36. The summed E-state index contributed by atoms with van der Waals surface area (Å²) in [7, 11) is -0.346. The largest absolute Gasteiger partial charge is 0.487 e. The molecule has 1 fully saturated rings. The van der Waals surface area contributed by atoms with Crippen molar-refractivity contribution in [3.05, 3.63) is 35.6 Å². The Morgan fingerprint density at radius 1 is 1.24 bits per heavy atom. The molecule has 0 saturated carbocycles. The molecule has 0 amide bonds. The maximum absolute atomic E-state index is 5.90. The lowest BCUT2D eigenvalue weighted by Crippen LogP contribution is -2.41. The van der Waals surface area contributed by atoms with Gasteiger partial charge in [-0.25, -0.2) is 0 Å². The maximum atomic E-state index is 5.90. The zero-order valence-corrected chi connectivity index (χ0v) is 13.2. The van der Waals surface area contributed by atoms with Gasteiger partial charge in [0.25, 0.3) is 0 Å². The first kappa shape index (κ1) is 16.2. The monoisotopic (exact) mass is 289 g/mol. The number of hydrogen-bond acceptors (Lipinski definition) is 5. The van der Waals surface area contributed by atoms with Crippen LogP contribution in [0, 0.1) is 0 Å². The lowest BCUT2D eigenvalue weighted by Gasteiger charge is -2.32. The molecule has 0 radical (unpaired) electrons. The van der Waals surface area contributed by atoms with Crippen molar-refractivity contribution in [1.29, 1.82) is 0 Å². The number of hydrogen-bond donors (Lipinski definition) is 2. The summed E-state index contributed by atoms with van der Waals surface area (Å²) in [5.41, 5.74) is 12.5. The minimum atomic E-state index is -0.346. The third kappa shape index (κ3) is 3.52. The normalized spacial score (nSPS) is 21.9. The molecule has 0 spiro atoms. The second-order valence-electron chi connectivity index (χ2n) is 6.34. The maximum Gasteiger partial charge on any atom is 0.487 e. The van der Waals surface area contributed by atoms with Crippen molar-refractivity contribution in [3.63, 3.8) is 0 Å². The minimum absolute atomic E-state index is 0.217. The second-order valence-corrected chi connectivity index (χ2v) is 6.34. The van der Waals surface area contributed by atoms with E-state index in [1.54, 1.807) is 6.20 Å². The third-order valence-corrected chi connectivity index (χ3v) is 4.16. The third-order valence-electron chi connectivity index (χ3n) is 4.16. The van der Waals surface area contributed by atoms with Gasteiger partial charge in [-0.05, 0) is 39.3 Å². The number of pyridine rings is 1. The molecule has 0 bridgehead atoms. The molecule has 1 aliphatic rings. The Hall–Kier alpha value is -1.21. The quantitative estimate of drug-likeness (QED) is 0.824. The molecular formula is C15H24BN3O2. The van der Waals surface area contributed by atoms with Gasteiger partial charge in [0.2, 0.25) is 0 Å². The van der Waals surface area contributed by atoms with Gasteiger partial charge >= 0.3 is 7.12 Å². The SMILES string of the molecule is CC1(C)OB(/C=C/c2ccc([C@@H](N)CN)nc2)OC1(C)C. The van der Waals surface area contributed by atoms with Crippen LogP contribution in [0.5, 0.6) is 0 Å². The molecule has 21 heavy (non-hydrogen) atoms. The van der Waals surface area contributed by atoms with Gasteiger partial charge in [0.1, 0.15) is 0 Å². The predicted octanol–water partition coefficient (Wildman–Crippen LogP) is 1.68. The zero-order chi connectivity index (χ0) is 15.7. The molecule has 0 unspecified atom stereocenters. The molecule has 5 nitrogen and oxygen atoms in total. The average Bonchev–Trinajstić information content (AvgIpc) is 2.64. The molecule has 0 aliphatic carbocycles. The van der Waals surface area contributed by atoms with E-state index in [0.717, 1.165) is 11.3 Å². The summed E-state index contributed by atoms with van der Waals surface area (Å²) in [4.78, 5) is 4.31. The summed E-state index contributed by atoms with van der Waals surface area (Å²) in [6, 6.07) is 3.63. The number of aromatic nitrogens is 1. The van der Waals surface area contributed by atoms with E-state index in [4.69, 9.17) is 20.8 Å². The van der Waals surface area contributed by atoms with Crippen LogP contribution in [0.2, 0.25) is 0 Å². The van der Waals surface area contributed by atoms with Crippen LogP contribution in [0.15, 0.2) is 24.3 Å². The van der Waals surface area contributed by atoms with Crippen LogP contribution in [0.3, 0.4) is 0 Å². The van der Waals surface area contributed by atoms with Crippen molar-refractivity contribution in [1.82, 2.24) is 4.98 Å².